The molecule has 0 bridgehead atoms. The van der Waals surface area contributed by atoms with E-state index in [0.29, 0.717) is 29.2 Å². The summed E-state index contributed by atoms with van der Waals surface area (Å²) in [7, 11) is 3.20. The topological polar surface area (TPSA) is 81.9 Å². The quantitative estimate of drug-likeness (QED) is 0.790. The second-order valence-electron chi connectivity index (χ2n) is 6.50. The molecule has 7 heteroatoms. The number of nitrogens with two attached hydrogens (primary N) is 1. The second-order valence-corrected chi connectivity index (χ2v) is 7.62. The van der Waals surface area contributed by atoms with E-state index >= 15 is 0 Å². The number of carbonyl (C=O) groups excluding carboxylic acids is 2. The van der Waals surface area contributed by atoms with Gasteiger partial charge >= 0.3 is 0 Å². The molecule has 1 aliphatic heterocycles. The van der Waals surface area contributed by atoms with Crippen LogP contribution in [0.1, 0.15) is 45.4 Å². The number of hydrogen-bond acceptors (Lipinski definition) is 5. The molecule has 2 amide bonds. The Kier molecular flexibility index (Phi) is 6.01. The lowest BCUT2D eigenvalue weighted by molar-refractivity contribution is -0.132. The Morgan fingerprint density at radius 3 is 2.63 bits per heavy atom. The van der Waals surface area contributed by atoms with Crippen molar-refractivity contribution in [2.24, 2.45) is 5.73 Å². The highest BCUT2D eigenvalue weighted by Gasteiger charge is 2.30. The smallest absolute Gasteiger partial charge is 0.258 e. The first-order valence-corrected chi connectivity index (χ1v) is 9.75. The first-order chi connectivity index (χ1) is 13.0. The molecule has 0 aliphatic carbocycles. The van der Waals surface area contributed by atoms with E-state index in [1.807, 2.05) is 29.2 Å². The van der Waals surface area contributed by atoms with Gasteiger partial charge in [-0.3, -0.25) is 9.59 Å². The van der Waals surface area contributed by atoms with E-state index < -0.39 is 5.91 Å². The molecule has 6 nitrogen and oxygen atoms in total. The molecule has 0 spiro atoms. The number of methoxy groups -OCH3 is 2. The van der Waals surface area contributed by atoms with Gasteiger partial charge in [0.15, 0.2) is 11.5 Å². The number of hydrogen-bond donors (Lipinski definition) is 1. The Labute approximate surface area is 162 Å². The average molecular weight is 388 g/mol. The van der Waals surface area contributed by atoms with E-state index in [0.717, 1.165) is 29.8 Å². The van der Waals surface area contributed by atoms with E-state index in [4.69, 9.17) is 15.2 Å². The molecule has 27 heavy (non-hydrogen) atoms. The Morgan fingerprint density at radius 2 is 1.96 bits per heavy atom. The Morgan fingerprint density at radius 1 is 1.19 bits per heavy atom. The molecular formula is C20H24N2O4S. The van der Waals surface area contributed by atoms with Crippen LogP contribution in [-0.2, 0) is 11.2 Å². The highest BCUT2D eigenvalue weighted by atomic mass is 32.1. The van der Waals surface area contributed by atoms with E-state index in [2.05, 4.69) is 0 Å². The highest BCUT2D eigenvalue weighted by Crippen LogP contribution is 2.36. The van der Waals surface area contributed by atoms with Gasteiger partial charge in [-0.15, -0.1) is 11.3 Å². The number of primary amides is 1. The van der Waals surface area contributed by atoms with Crippen molar-refractivity contribution in [3.05, 3.63) is 45.6 Å². The third kappa shape index (κ3) is 4.24. The van der Waals surface area contributed by atoms with Gasteiger partial charge in [0.05, 0.1) is 25.1 Å². The fraction of sp³-hybridized carbons (Fsp3) is 0.400. The van der Waals surface area contributed by atoms with Crippen LogP contribution in [0.25, 0.3) is 0 Å². The number of likely N-dealkylation sites (tertiary alicyclic amines) is 1. The molecule has 0 radical (unpaired) electrons. The standard InChI is InChI=1S/C20H24N2O4S/c1-25-15-7-5-13(12-16(15)26-2)6-10-19(23)22-11-3-4-14(22)17-8-9-18(27-17)20(21)24/h5,7-9,12,14H,3-4,6,10-11H2,1-2H3,(H2,21,24)/t14-/m0/s1. The normalized spacial score (nSPS) is 16.4. The maximum atomic E-state index is 12.8. The Bertz CT molecular complexity index is 833. The molecule has 2 aromatic rings. The van der Waals surface area contributed by atoms with Crippen LogP contribution in [0.4, 0.5) is 0 Å². The van der Waals surface area contributed by atoms with Crippen molar-refractivity contribution in [2.45, 2.75) is 31.7 Å². The summed E-state index contributed by atoms with van der Waals surface area (Å²) in [6.07, 6.45) is 2.96. The molecule has 2 heterocycles. The molecule has 0 unspecified atom stereocenters. The first kappa shape index (κ1) is 19.2. The fourth-order valence-electron chi connectivity index (χ4n) is 3.46. The summed E-state index contributed by atoms with van der Waals surface area (Å²) in [5.41, 5.74) is 6.38. The Hall–Kier alpha value is -2.54. The van der Waals surface area contributed by atoms with Gasteiger partial charge in [0.25, 0.3) is 5.91 Å². The lowest BCUT2D eigenvalue weighted by atomic mass is 10.1. The minimum absolute atomic E-state index is 0.0426. The van der Waals surface area contributed by atoms with Gasteiger partial charge < -0.3 is 20.1 Å². The van der Waals surface area contributed by atoms with Crippen molar-refractivity contribution in [3.8, 4) is 11.5 Å². The third-order valence-electron chi connectivity index (χ3n) is 4.85. The van der Waals surface area contributed by atoms with Gasteiger partial charge in [0.2, 0.25) is 5.91 Å². The first-order valence-electron chi connectivity index (χ1n) is 8.93. The van der Waals surface area contributed by atoms with Crippen molar-refractivity contribution >= 4 is 23.2 Å². The van der Waals surface area contributed by atoms with E-state index in [1.165, 1.54) is 11.3 Å². The van der Waals surface area contributed by atoms with Gasteiger partial charge in [0, 0.05) is 17.8 Å². The molecule has 1 aromatic heterocycles. The number of benzene rings is 1. The van der Waals surface area contributed by atoms with Crippen molar-refractivity contribution in [1.29, 1.82) is 0 Å². The van der Waals surface area contributed by atoms with Gasteiger partial charge in [0.1, 0.15) is 0 Å². The molecule has 1 aliphatic rings. The molecule has 1 fully saturated rings. The monoisotopic (exact) mass is 388 g/mol. The summed E-state index contributed by atoms with van der Waals surface area (Å²) in [6, 6.07) is 9.41. The second kappa shape index (κ2) is 8.43. The summed E-state index contributed by atoms with van der Waals surface area (Å²) in [5.74, 6) is 1.05. The van der Waals surface area contributed by atoms with Crippen LogP contribution in [0, 0.1) is 0 Å². The third-order valence-corrected chi connectivity index (χ3v) is 6.05. The van der Waals surface area contributed by atoms with Crippen LogP contribution < -0.4 is 15.2 Å². The molecule has 1 aromatic carbocycles. The van der Waals surface area contributed by atoms with Gasteiger partial charge in [-0.2, -0.15) is 0 Å². The largest absolute Gasteiger partial charge is 0.493 e. The Balaban J connectivity index is 1.65. The predicted molar refractivity (Wildman–Crippen MR) is 104 cm³/mol. The molecule has 0 saturated carbocycles. The van der Waals surface area contributed by atoms with Crippen molar-refractivity contribution in [2.75, 3.05) is 20.8 Å². The van der Waals surface area contributed by atoms with Crippen molar-refractivity contribution < 1.29 is 19.1 Å². The number of aryl methyl sites for hydroxylation is 1. The molecule has 144 valence electrons. The maximum Gasteiger partial charge on any atom is 0.258 e. The number of ether oxygens (including phenoxy) is 2. The fourth-order valence-corrected chi connectivity index (χ4v) is 4.46. The summed E-state index contributed by atoms with van der Waals surface area (Å²) in [4.78, 5) is 27.6. The maximum absolute atomic E-state index is 12.8. The summed E-state index contributed by atoms with van der Waals surface area (Å²) in [5, 5.41) is 0. The number of carbonyl (C=O) groups is 2. The lowest BCUT2D eigenvalue weighted by Gasteiger charge is -2.24. The van der Waals surface area contributed by atoms with Crippen LogP contribution >= 0.6 is 11.3 Å². The van der Waals surface area contributed by atoms with Gasteiger partial charge in [-0.25, -0.2) is 0 Å². The van der Waals surface area contributed by atoms with E-state index in [9.17, 15) is 9.59 Å². The zero-order chi connectivity index (χ0) is 19.4. The summed E-state index contributed by atoms with van der Waals surface area (Å²) < 4.78 is 10.6. The summed E-state index contributed by atoms with van der Waals surface area (Å²) >= 11 is 1.38. The van der Waals surface area contributed by atoms with E-state index in [1.54, 1.807) is 20.3 Å². The number of nitrogens with zero attached hydrogens (tertiary/aromatic N) is 1. The molecular weight excluding hydrogens is 364 g/mol. The minimum atomic E-state index is -0.421. The number of thiophene rings is 1. The zero-order valence-corrected chi connectivity index (χ0v) is 16.4. The summed E-state index contributed by atoms with van der Waals surface area (Å²) in [6.45, 7) is 0.749. The van der Waals surface area contributed by atoms with Crippen molar-refractivity contribution in [1.82, 2.24) is 4.90 Å². The van der Waals surface area contributed by atoms with Gasteiger partial charge in [-0.05, 0) is 49.1 Å². The van der Waals surface area contributed by atoms with Crippen LogP contribution in [0.15, 0.2) is 30.3 Å². The lowest BCUT2D eigenvalue weighted by Crippen LogP contribution is -2.30. The van der Waals surface area contributed by atoms with Gasteiger partial charge in [-0.1, -0.05) is 6.07 Å². The highest BCUT2D eigenvalue weighted by molar-refractivity contribution is 7.14. The van der Waals surface area contributed by atoms with Crippen LogP contribution in [-0.4, -0.2) is 37.5 Å². The molecule has 1 atom stereocenters. The molecule has 2 N–H and O–H groups in total. The number of rotatable bonds is 7. The average Bonchev–Trinajstić information content (AvgIpc) is 3.34. The number of amides is 2. The van der Waals surface area contributed by atoms with Crippen LogP contribution in [0.2, 0.25) is 0 Å². The van der Waals surface area contributed by atoms with E-state index in [-0.39, 0.29) is 11.9 Å². The molecule has 1 saturated heterocycles. The SMILES string of the molecule is COc1ccc(CCC(=O)N2CCC[C@H]2c2ccc(C(N)=O)s2)cc1OC. The predicted octanol–water partition coefficient (Wildman–Crippen LogP) is 3.16. The van der Waals surface area contributed by atoms with Crippen LogP contribution in [0.3, 0.4) is 0 Å². The minimum Gasteiger partial charge on any atom is -0.493 e. The molecule has 3 rings (SSSR count). The zero-order valence-electron chi connectivity index (χ0n) is 15.6. The van der Waals surface area contributed by atoms with Crippen LogP contribution in [0.5, 0.6) is 11.5 Å². The van der Waals surface area contributed by atoms with Crippen molar-refractivity contribution in [3.63, 3.8) is 0 Å².